The van der Waals surface area contributed by atoms with E-state index in [4.69, 9.17) is 23.7 Å². The average molecular weight is 557 g/mol. The molecule has 39 heavy (non-hydrogen) atoms. The summed E-state index contributed by atoms with van der Waals surface area (Å²) < 4.78 is 30.6. The van der Waals surface area contributed by atoms with Gasteiger partial charge < -0.3 is 28.8 Å². The van der Waals surface area contributed by atoms with E-state index in [1.54, 1.807) is 0 Å². The Balaban J connectivity index is 1.69. The number of hydrogen-bond donors (Lipinski definition) is 1. The number of aliphatic hydroxyl groups excluding tert-OH is 1. The molecule has 2 saturated heterocycles. The fourth-order valence-corrected chi connectivity index (χ4v) is 5.80. The first-order valence-corrected chi connectivity index (χ1v) is 16.9. The Hall–Kier alpha value is -0.240. The van der Waals surface area contributed by atoms with Gasteiger partial charge in [0.25, 0.3) is 0 Å². The Labute approximate surface area is 241 Å². The van der Waals surface area contributed by atoms with Crippen LogP contribution < -0.4 is 0 Å². The quantitative estimate of drug-likeness (QED) is 0.120. The molecule has 232 valence electrons. The van der Waals surface area contributed by atoms with Crippen LogP contribution in [0.2, 0.25) is 0 Å². The number of aliphatic hydroxyl groups is 1. The summed E-state index contributed by atoms with van der Waals surface area (Å²) in [6, 6.07) is 0. The van der Waals surface area contributed by atoms with Crippen molar-refractivity contribution in [3.8, 4) is 0 Å². The molecule has 6 nitrogen and oxygen atoms in total. The molecule has 2 heterocycles. The van der Waals surface area contributed by atoms with Gasteiger partial charge in [-0.25, -0.2) is 0 Å². The Morgan fingerprint density at radius 1 is 0.615 bits per heavy atom. The van der Waals surface area contributed by atoms with Crippen LogP contribution in [0.1, 0.15) is 156 Å². The molecule has 0 aromatic heterocycles. The monoisotopic (exact) mass is 556 g/mol. The van der Waals surface area contributed by atoms with Crippen LogP contribution in [0.25, 0.3) is 0 Å². The molecule has 2 rings (SSSR count). The third-order valence-corrected chi connectivity index (χ3v) is 8.24. The molecule has 1 N–H and O–H groups in total. The standard InChI is InChI=1S/C33H64O6/c1-5-7-9-11-13-15-17-19-21-23-25-35-30-29-28(27-37-33(3,4)39-29)38-32(34)31(30)36-26-24-22-20-18-16-14-12-10-8-6-2/h28-32,34H,5-27H2,1-4H3/t28-,29-,30+,31-,32+/m1/s1. The van der Waals surface area contributed by atoms with Gasteiger partial charge in [-0.15, -0.1) is 0 Å². The summed E-state index contributed by atoms with van der Waals surface area (Å²) >= 11 is 0. The minimum Gasteiger partial charge on any atom is -0.372 e. The van der Waals surface area contributed by atoms with Crippen LogP contribution in [-0.4, -0.2) is 61.4 Å². The lowest BCUT2D eigenvalue weighted by molar-refractivity contribution is -0.384. The Morgan fingerprint density at radius 3 is 1.49 bits per heavy atom. The molecule has 0 aliphatic carbocycles. The van der Waals surface area contributed by atoms with E-state index in [0.717, 1.165) is 19.3 Å². The van der Waals surface area contributed by atoms with E-state index < -0.39 is 18.2 Å². The topological polar surface area (TPSA) is 66.4 Å². The molecule has 0 aromatic carbocycles. The number of rotatable bonds is 24. The van der Waals surface area contributed by atoms with Gasteiger partial charge in [0, 0.05) is 13.2 Å². The summed E-state index contributed by atoms with van der Waals surface area (Å²) in [5.74, 6) is -0.702. The normalized spacial score (nSPS) is 26.5. The predicted molar refractivity (Wildman–Crippen MR) is 159 cm³/mol. The van der Waals surface area contributed by atoms with E-state index >= 15 is 0 Å². The molecule has 0 unspecified atom stereocenters. The second-order valence-corrected chi connectivity index (χ2v) is 12.4. The maximum absolute atomic E-state index is 10.8. The highest BCUT2D eigenvalue weighted by molar-refractivity contribution is 4.95. The van der Waals surface area contributed by atoms with E-state index in [0.29, 0.717) is 19.8 Å². The van der Waals surface area contributed by atoms with Crippen LogP contribution in [0.5, 0.6) is 0 Å². The first-order valence-electron chi connectivity index (χ1n) is 16.9. The van der Waals surface area contributed by atoms with Crippen LogP contribution in [0.15, 0.2) is 0 Å². The lowest BCUT2D eigenvalue weighted by Gasteiger charge is -2.50. The molecule has 5 atom stereocenters. The summed E-state index contributed by atoms with van der Waals surface area (Å²) in [5.41, 5.74) is 0. The molecule has 0 aromatic rings. The number of fused-ring (bicyclic) bond motifs is 1. The van der Waals surface area contributed by atoms with Gasteiger partial charge >= 0.3 is 0 Å². The van der Waals surface area contributed by atoms with Crippen LogP contribution in [0.4, 0.5) is 0 Å². The van der Waals surface area contributed by atoms with Crippen LogP contribution >= 0.6 is 0 Å². The van der Waals surface area contributed by atoms with Crippen molar-refractivity contribution in [1.29, 1.82) is 0 Å². The van der Waals surface area contributed by atoms with Gasteiger partial charge in [-0.3, -0.25) is 0 Å². The zero-order chi connectivity index (χ0) is 28.2. The highest BCUT2D eigenvalue weighted by Crippen LogP contribution is 2.34. The largest absolute Gasteiger partial charge is 0.372 e. The maximum Gasteiger partial charge on any atom is 0.184 e. The fourth-order valence-electron chi connectivity index (χ4n) is 5.80. The molecular formula is C33H64O6. The van der Waals surface area contributed by atoms with Crippen molar-refractivity contribution in [3.05, 3.63) is 0 Å². The van der Waals surface area contributed by atoms with Crippen molar-refractivity contribution >= 4 is 0 Å². The van der Waals surface area contributed by atoms with E-state index in [1.165, 1.54) is 109 Å². The summed E-state index contributed by atoms with van der Waals surface area (Å²) in [6.45, 7) is 10.0. The molecule has 2 aliphatic heterocycles. The molecule has 0 amide bonds. The molecule has 6 heteroatoms. The summed E-state index contributed by atoms with van der Waals surface area (Å²) in [5, 5.41) is 10.8. The van der Waals surface area contributed by atoms with Gasteiger partial charge in [0.15, 0.2) is 12.1 Å². The summed E-state index contributed by atoms with van der Waals surface area (Å²) in [4.78, 5) is 0. The van der Waals surface area contributed by atoms with Crippen molar-refractivity contribution in [2.24, 2.45) is 0 Å². The molecule has 2 fully saturated rings. The number of hydrogen-bond acceptors (Lipinski definition) is 6. The van der Waals surface area contributed by atoms with Crippen molar-refractivity contribution in [1.82, 2.24) is 0 Å². The predicted octanol–water partition coefficient (Wildman–Crippen LogP) is 8.47. The van der Waals surface area contributed by atoms with E-state index in [1.807, 2.05) is 13.8 Å². The zero-order valence-electron chi connectivity index (χ0n) is 26.1. The third-order valence-electron chi connectivity index (χ3n) is 8.24. The van der Waals surface area contributed by atoms with Gasteiger partial charge in [0.05, 0.1) is 6.61 Å². The first-order chi connectivity index (χ1) is 19.0. The molecule has 0 spiro atoms. The first kappa shape index (κ1) is 35.0. The Morgan fingerprint density at radius 2 is 1.03 bits per heavy atom. The molecule has 0 radical (unpaired) electrons. The lowest BCUT2D eigenvalue weighted by atomic mass is 9.97. The molecule has 0 saturated carbocycles. The zero-order valence-corrected chi connectivity index (χ0v) is 26.1. The minimum atomic E-state index is -1.03. The van der Waals surface area contributed by atoms with E-state index in [9.17, 15) is 5.11 Å². The number of unbranched alkanes of at least 4 members (excludes halogenated alkanes) is 18. The molecule has 0 bridgehead atoms. The summed E-state index contributed by atoms with van der Waals surface area (Å²) in [7, 11) is 0. The Kier molecular flexibility index (Phi) is 19.2. The van der Waals surface area contributed by atoms with Crippen LogP contribution in [-0.2, 0) is 23.7 Å². The average Bonchev–Trinajstić information content (AvgIpc) is 2.91. The highest BCUT2D eigenvalue weighted by Gasteiger charge is 2.52. The van der Waals surface area contributed by atoms with Gasteiger partial charge in [-0.1, -0.05) is 129 Å². The third kappa shape index (κ3) is 15.0. The van der Waals surface area contributed by atoms with Gasteiger partial charge in [0.1, 0.15) is 24.4 Å². The SMILES string of the molecule is CCCCCCCCCCCCO[C@@H]1[C@@H](OCCCCCCCCCCCC)[C@@H](O)O[C@@H]2COC(C)(C)O[C@@H]12. The Bertz CT molecular complexity index is 570. The smallest absolute Gasteiger partial charge is 0.184 e. The van der Waals surface area contributed by atoms with Crippen molar-refractivity contribution in [2.75, 3.05) is 19.8 Å². The van der Waals surface area contributed by atoms with Crippen LogP contribution in [0.3, 0.4) is 0 Å². The van der Waals surface area contributed by atoms with Crippen molar-refractivity contribution < 1.29 is 28.8 Å². The van der Waals surface area contributed by atoms with Gasteiger partial charge in [-0.05, 0) is 26.7 Å². The minimum absolute atomic E-state index is 0.307. The van der Waals surface area contributed by atoms with E-state index in [2.05, 4.69) is 13.8 Å². The van der Waals surface area contributed by atoms with Crippen LogP contribution in [0, 0.1) is 0 Å². The van der Waals surface area contributed by atoms with E-state index in [-0.39, 0.29) is 18.3 Å². The highest BCUT2D eigenvalue weighted by atomic mass is 16.8. The number of ether oxygens (including phenoxy) is 5. The second-order valence-electron chi connectivity index (χ2n) is 12.4. The lowest BCUT2D eigenvalue weighted by Crippen LogP contribution is -2.65. The summed E-state index contributed by atoms with van der Waals surface area (Å²) in [6.07, 6.45) is 23.2. The molecular weight excluding hydrogens is 492 g/mol. The second kappa shape index (κ2) is 21.5. The fraction of sp³-hybridized carbons (Fsp3) is 1.00. The maximum atomic E-state index is 10.8. The van der Waals surface area contributed by atoms with Crippen molar-refractivity contribution in [2.45, 2.75) is 193 Å². The van der Waals surface area contributed by atoms with Gasteiger partial charge in [-0.2, -0.15) is 0 Å². The van der Waals surface area contributed by atoms with Gasteiger partial charge in [0.2, 0.25) is 0 Å². The van der Waals surface area contributed by atoms with Crippen molar-refractivity contribution in [3.63, 3.8) is 0 Å². The molecule has 2 aliphatic rings.